The van der Waals surface area contributed by atoms with Crippen LogP contribution in [0, 0.1) is 5.92 Å². The zero-order valence-corrected chi connectivity index (χ0v) is 13.1. The highest BCUT2D eigenvalue weighted by atomic mass is 32.1. The van der Waals surface area contributed by atoms with Gasteiger partial charge in [0.2, 0.25) is 5.91 Å². The van der Waals surface area contributed by atoms with Gasteiger partial charge < -0.3 is 9.21 Å². The molecule has 1 spiro atoms. The Morgan fingerprint density at radius 3 is 2.55 bits per heavy atom. The first-order chi connectivity index (χ1) is 9.53. The molecule has 0 saturated carbocycles. The molecule has 1 amide bonds. The molecule has 0 aliphatic carbocycles. The number of anilines is 1. The number of hydrogen-bond donors (Lipinski definition) is 1. The number of likely N-dealkylation sites (tertiary alicyclic amines) is 1. The second-order valence-electron chi connectivity index (χ2n) is 6.34. The van der Waals surface area contributed by atoms with Gasteiger partial charge in [-0.15, -0.1) is 0 Å². The van der Waals surface area contributed by atoms with Crippen molar-refractivity contribution in [2.24, 2.45) is 5.92 Å². The lowest BCUT2D eigenvalue weighted by Crippen LogP contribution is -2.47. The number of piperidine rings is 1. The van der Waals surface area contributed by atoms with Crippen LogP contribution in [-0.2, 0) is 10.2 Å². The molecule has 108 valence electrons. The average Bonchev–Trinajstić information content (AvgIpc) is 2.72. The van der Waals surface area contributed by atoms with E-state index in [2.05, 4.69) is 41.4 Å². The number of carbonyl (C=O) groups is 1. The van der Waals surface area contributed by atoms with Crippen molar-refractivity contribution in [3.8, 4) is 0 Å². The molecule has 0 atom stereocenters. The van der Waals surface area contributed by atoms with Gasteiger partial charge in [0.05, 0.1) is 5.69 Å². The average molecular weight is 290 g/mol. The number of rotatable bonds is 1. The van der Waals surface area contributed by atoms with Crippen molar-refractivity contribution < 1.29 is 4.79 Å². The molecular formula is C16H22N2OS. The van der Waals surface area contributed by atoms with Gasteiger partial charge in [-0.3, -0.25) is 4.79 Å². The zero-order valence-electron chi connectivity index (χ0n) is 12.2. The van der Waals surface area contributed by atoms with E-state index < -0.39 is 0 Å². The first kappa shape index (κ1) is 13.8. The van der Waals surface area contributed by atoms with E-state index in [1.54, 1.807) is 0 Å². The second-order valence-corrected chi connectivity index (χ2v) is 6.82. The number of benzene rings is 1. The van der Waals surface area contributed by atoms with E-state index in [0.29, 0.717) is 0 Å². The summed E-state index contributed by atoms with van der Waals surface area (Å²) in [5.41, 5.74) is 2.83. The number of thiol groups is 1. The molecule has 20 heavy (non-hydrogen) atoms. The third kappa shape index (κ3) is 2.10. The highest BCUT2D eigenvalue weighted by molar-refractivity contribution is 7.81. The van der Waals surface area contributed by atoms with Gasteiger partial charge >= 0.3 is 0 Å². The van der Waals surface area contributed by atoms with Crippen LogP contribution in [0.4, 0.5) is 5.69 Å². The lowest BCUT2D eigenvalue weighted by Gasteiger charge is -2.40. The van der Waals surface area contributed by atoms with Gasteiger partial charge in [-0.2, -0.15) is 0 Å². The molecule has 3 rings (SSSR count). The van der Waals surface area contributed by atoms with Crippen molar-refractivity contribution in [3.63, 3.8) is 0 Å². The summed E-state index contributed by atoms with van der Waals surface area (Å²) < 4.78 is 2.06. The molecule has 2 aliphatic heterocycles. The van der Waals surface area contributed by atoms with Crippen LogP contribution in [0.25, 0.3) is 0 Å². The lowest BCUT2D eigenvalue weighted by molar-refractivity contribution is -0.136. The molecular weight excluding hydrogens is 268 g/mol. The number of hydrogen-bond acceptors (Lipinski definition) is 3. The van der Waals surface area contributed by atoms with Crippen molar-refractivity contribution >= 4 is 24.4 Å². The van der Waals surface area contributed by atoms with Gasteiger partial charge in [0.25, 0.3) is 0 Å². The maximum Gasteiger partial charge on any atom is 0.225 e. The molecule has 0 radical (unpaired) electrons. The van der Waals surface area contributed by atoms with Crippen LogP contribution in [0.5, 0.6) is 0 Å². The Morgan fingerprint density at radius 2 is 1.90 bits per heavy atom. The van der Waals surface area contributed by atoms with Crippen molar-refractivity contribution in [2.45, 2.75) is 32.1 Å². The predicted molar refractivity (Wildman–Crippen MR) is 85.1 cm³/mol. The Bertz CT molecular complexity index is 521. The number of carbonyl (C=O) groups excluding carboxylic acids is 1. The van der Waals surface area contributed by atoms with Crippen LogP contribution in [-0.4, -0.2) is 30.4 Å². The fourth-order valence-corrected chi connectivity index (χ4v) is 4.00. The van der Waals surface area contributed by atoms with Gasteiger partial charge in [-0.25, -0.2) is 0 Å². The highest BCUT2D eigenvalue weighted by Gasteiger charge is 2.44. The number of fused-ring (bicyclic) bond motifs is 2. The third-order valence-electron chi connectivity index (χ3n) is 4.73. The molecule has 2 heterocycles. The number of para-hydroxylation sites is 1. The molecule has 0 unspecified atom stereocenters. The van der Waals surface area contributed by atoms with Crippen LogP contribution in [0.2, 0.25) is 0 Å². The summed E-state index contributed by atoms with van der Waals surface area (Å²) in [6, 6.07) is 8.55. The Morgan fingerprint density at radius 1 is 1.25 bits per heavy atom. The summed E-state index contributed by atoms with van der Waals surface area (Å²) in [6.45, 7) is 6.65. The maximum absolute atomic E-state index is 12.1. The number of nitrogens with zero attached hydrogens (tertiary/aromatic N) is 2. The van der Waals surface area contributed by atoms with Crippen molar-refractivity contribution in [1.29, 1.82) is 0 Å². The Labute approximate surface area is 126 Å². The molecule has 2 aliphatic rings. The first-order valence-electron chi connectivity index (χ1n) is 7.38. The summed E-state index contributed by atoms with van der Waals surface area (Å²) in [4.78, 5) is 14.1. The van der Waals surface area contributed by atoms with Crippen molar-refractivity contribution in [1.82, 2.24) is 4.90 Å². The summed E-state index contributed by atoms with van der Waals surface area (Å²) >= 11 is 4.60. The Kier molecular flexibility index (Phi) is 3.44. The molecule has 0 aromatic heterocycles. The molecule has 3 nitrogen and oxygen atoms in total. The minimum Gasteiger partial charge on any atom is -0.342 e. The van der Waals surface area contributed by atoms with Crippen molar-refractivity contribution in [2.75, 3.05) is 23.9 Å². The van der Waals surface area contributed by atoms with E-state index in [4.69, 9.17) is 0 Å². The molecule has 0 N–H and O–H groups in total. The molecule has 1 aromatic carbocycles. The minimum atomic E-state index is 0.0984. The fourth-order valence-electron chi connectivity index (χ4n) is 3.55. The van der Waals surface area contributed by atoms with E-state index in [-0.39, 0.29) is 17.2 Å². The maximum atomic E-state index is 12.1. The lowest BCUT2D eigenvalue weighted by atomic mass is 9.74. The SMILES string of the molecule is CC(C)C(=O)N1CCC2(CC1)CN(S)c1ccccc12. The quantitative estimate of drug-likeness (QED) is 0.804. The second kappa shape index (κ2) is 4.99. The van der Waals surface area contributed by atoms with Crippen LogP contribution < -0.4 is 4.31 Å². The molecule has 0 bridgehead atoms. The van der Waals surface area contributed by atoms with Gasteiger partial charge in [-0.1, -0.05) is 44.9 Å². The monoisotopic (exact) mass is 290 g/mol. The van der Waals surface area contributed by atoms with E-state index >= 15 is 0 Å². The van der Waals surface area contributed by atoms with Crippen LogP contribution in [0.1, 0.15) is 32.3 Å². The van der Waals surface area contributed by atoms with Crippen LogP contribution in [0.3, 0.4) is 0 Å². The summed E-state index contributed by atoms with van der Waals surface area (Å²) in [5, 5.41) is 0. The van der Waals surface area contributed by atoms with Crippen LogP contribution >= 0.6 is 12.8 Å². The molecule has 1 saturated heterocycles. The molecule has 1 fully saturated rings. The topological polar surface area (TPSA) is 23.6 Å². The van der Waals surface area contributed by atoms with Crippen LogP contribution in [0.15, 0.2) is 24.3 Å². The van der Waals surface area contributed by atoms with E-state index in [0.717, 1.165) is 32.5 Å². The summed E-state index contributed by atoms with van der Waals surface area (Å²) in [6.07, 6.45) is 2.08. The zero-order chi connectivity index (χ0) is 14.3. The smallest absolute Gasteiger partial charge is 0.225 e. The molecule has 4 heteroatoms. The van der Waals surface area contributed by atoms with Gasteiger partial charge in [0.15, 0.2) is 0 Å². The molecule has 1 aromatic rings. The highest BCUT2D eigenvalue weighted by Crippen LogP contribution is 2.47. The normalized spacial score (nSPS) is 20.6. The first-order valence-corrected chi connectivity index (χ1v) is 7.78. The predicted octanol–water partition coefficient (Wildman–Crippen LogP) is 2.87. The third-order valence-corrected chi connectivity index (χ3v) is 5.09. The standard InChI is InChI=1S/C16H22N2OS/c1-12(2)15(19)17-9-7-16(8-10-17)11-18(20)14-6-4-3-5-13(14)16/h3-6,12,20H,7-11H2,1-2H3. The van der Waals surface area contributed by atoms with Crippen molar-refractivity contribution in [3.05, 3.63) is 29.8 Å². The minimum absolute atomic E-state index is 0.0984. The largest absolute Gasteiger partial charge is 0.342 e. The van der Waals surface area contributed by atoms with Gasteiger partial charge in [0.1, 0.15) is 0 Å². The van der Waals surface area contributed by atoms with Gasteiger partial charge in [-0.05, 0) is 24.5 Å². The fraction of sp³-hybridized carbons (Fsp3) is 0.562. The number of amides is 1. The summed E-state index contributed by atoms with van der Waals surface area (Å²) in [5.74, 6) is 0.384. The Balaban J connectivity index is 1.80. The Hall–Kier alpha value is -1.16. The van der Waals surface area contributed by atoms with E-state index in [1.165, 1.54) is 11.3 Å². The van der Waals surface area contributed by atoms with E-state index in [9.17, 15) is 4.79 Å². The summed E-state index contributed by atoms with van der Waals surface area (Å²) in [7, 11) is 0. The van der Waals surface area contributed by atoms with E-state index in [1.807, 2.05) is 18.7 Å². The van der Waals surface area contributed by atoms with Gasteiger partial charge in [0, 0.05) is 31.0 Å².